The number of carboxylic acid groups (broad SMARTS) is 1. The molecule has 0 fully saturated rings. The fourth-order valence-corrected chi connectivity index (χ4v) is 2.53. The number of carbonyl (C=O) groups is 2. The standard InChI is InChI=1S/C13H19N3O4S/c1-4-8(5-9(17)18)6-14-11(19)10-7(2)15-13(20)16-12(10)21-3/h8H,4-6H2,1-3H3,(H,14,19)(H,17,18)(H,15,16,20). The normalized spacial score (nSPS) is 12.0. The number of carboxylic acids is 1. The lowest BCUT2D eigenvalue weighted by Gasteiger charge is -2.15. The first-order valence-corrected chi connectivity index (χ1v) is 7.76. The molecule has 1 atom stereocenters. The summed E-state index contributed by atoms with van der Waals surface area (Å²) in [6, 6.07) is 0. The van der Waals surface area contributed by atoms with E-state index in [-0.39, 0.29) is 24.8 Å². The van der Waals surface area contributed by atoms with E-state index in [0.717, 1.165) is 0 Å². The van der Waals surface area contributed by atoms with Crippen LogP contribution in [0.25, 0.3) is 0 Å². The SMILES string of the molecule is CCC(CNC(=O)c1c(SC)nc(=O)[nH]c1C)CC(=O)O. The Morgan fingerprint density at radius 2 is 2.14 bits per heavy atom. The van der Waals surface area contributed by atoms with Crippen molar-refractivity contribution in [2.75, 3.05) is 12.8 Å². The highest BCUT2D eigenvalue weighted by molar-refractivity contribution is 7.98. The van der Waals surface area contributed by atoms with Crippen molar-refractivity contribution in [2.45, 2.75) is 31.7 Å². The molecular weight excluding hydrogens is 294 g/mol. The highest BCUT2D eigenvalue weighted by Crippen LogP contribution is 2.18. The predicted molar refractivity (Wildman–Crippen MR) is 79.7 cm³/mol. The van der Waals surface area contributed by atoms with Crippen LogP contribution in [0.1, 0.15) is 35.8 Å². The van der Waals surface area contributed by atoms with Gasteiger partial charge in [-0.05, 0) is 19.1 Å². The zero-order valence-electron chi connectivity index (χ0n) is 12.2. The fourth-order valence-electron chi connectivity index (χ4n) is 1.91. The zero-order chi connectivity index (χ0) is 16.0. The monoisotopic (exact) mass is 313 g/mol. The molecule has 1 unspecified atom stereocenters. The second-order valence-corrected chi connectivity index (χ2v) is 5.43. The summed E-state index contributed by atoms with van der Waals surface area (Å²) in [4.78, 5) is 40.5. The maximum atomic E-state index is 12.2. The molecule has 3 N–H and O–H groups in total. The Hall–Kier alpha value is -1.83. The van der Waals surface area contributed by atoms with Crippen molar-refractivity contribution in [1.29, 1.82) is 0 Å². The molecule has 1 heterocycles. The Morgan fingerprint density at radius 3 is 2.67 bits per heavy atom. The van der Waals surface area contributed by atoms with Gasteiger partial charge in [-0.3, -0.25) is 9.59 Å². The largest absolute Gasteiger partial charge is 0.481 e. The number of aryl methyl sites for hydroxylation is 1. The van der Waals surface area contributed by atoms with Gasteiger partial charge < -0.3 is 15.4 Å². The number of thioether (sulfide) groups is 1. The van der Waals surface area contributed by atoms with Crippen molar-refractivity contribution in [3.05, 3.63) is 21.7 Å². The molecule has 0 aromatic carbocycles. The Morgan fingerprint density at radius 1 is 1.48 bits per heavy atom. The maximum absolute atomic E-state index is 12.2. The number of aliphatic carboxylic acids is 1. The molecule has 0 aliphatic heterocycles. The molecule has 1 rings (SSSR count). The van der Waals surface area contributed by atoms with Gasteiger partial charge in [0.05, 0.1) is 5.56 Å². The van der Waals surface area contributed by atoms with Gasteiger partial charge in [0.25, 0.3) is 5.91 Å². The van der Waals surface area contributed by atoms with Crippen LogP contribution >= 0.6 is 11.8 Å². The van der Waals surface area contributed by atoms with Crippen molar-refractivity contribution in [2.24, 2.45) is 5.92 Å². The van der Waals surface area contributed by atoms with Gasteiger partial charge in [0, 0.05) is 18.7 Å². The van der Waals surface area contributed by atoms with Crippen LogP contribution in [0.15, 0.2) is 9.82 Å². The van der Waals surface area contributed by atoms with Crippen LogP contribution in [0.2, 0.25) is 0 Å². The van der Waals surface area contributed by atoms with Gasteiger partial charge in [-0.1, -0.05) is 13.3 Å². The van der Waals surface area contributed by atoms with Crippen molar-refractivity contribution >= 4 is 23.6 Å². The molecule has 0 aliphatic carbocycles. The number of hydrogen-bond acceptors (Lipinski definition) is 5. The number of rotatable bonds is 7. The molecule has 1 amide bonds. The number of carbonyl (C=O) groups excluding carboxylic acids is 1. The Balaban J connectivity index is 2.85. The van der Waals surface area contributed by atoms with E-state index >= 15 is 0 Å². The minimum absolute atomic E-state index is 0.00895. The minimum Gasteiger partial charge on any atom is -0.481 e. The second kappa shape index (κ2) is 7.82. The van der Waals surface area contributed by atoms with E-state index < -0.39 is 11.7 Å². The molecule has 7 nitrogen and oxygen atoms in total. The molecule has 0 spiro atoms. The number of H-pyrrole nitrogens is 1. The van der Waals surface area contributed by atoms with Gasteiger partial charge in [-0.15, -0.1) is 11.8 Å². The lowest BCUT2D eigenvalue weighted by Crippen LogP contribution is -2.32. The fraction of sp³-hybridized carbons (Fsp3) is 0.538. The van der Waals surface area contributed by atoms with E-state index in [1.165, 1.54) is 11.8 Å². The van der Waals surface area contributed by atoms with Gasteiger partial charge in [0.2, 0.25) is 0 Å². The van der Waals surface area contributed by atoms with Crippen LogP contribution in [-0.4, -0.2) is 39.8 Å². The van der Waals surface area contributed by atoms with Crippen molar-refractivity contribution in [3.8, 4) is 0 Å². The highest BCUT2D eigenvalue weighted by atomic mass is 32.2. The molecule has 0 radical (unpaired) electrons. The smallest absolute Gasteiger partial charge is 0.346 e. The zero-order valence-corrected chi connectivity index (χ0v) is 13.0. The van der Waals surface area contributed by atoms with E-state index in [1.807, 2.05) is 6.92 Å². The summed E-state index contributed by atoms with van der Waals surface area (Å²) in [6.07, 6.45) is 2.40. The highest BCUT2D eigenvalue weighted by Gasteiger charge is 2.18. The summed E-state index contributed by atoms with van der Waals surface area (Å²) in [6.45, 7) is 3.78. The first-order chi connectivity index (χ1) is 9.88. The molecule has 21 heavy (non-hydrogen) atoms. The summed E-state index contributed by atoms with van der Waals surface area (Å²) in [5.41, 5.74) is 0.279. The summed E-state index contributed by atoms with van der Waals surface area (Å²) < 4.78 is 0. The molecule has 1 aromatic heterocycles. The molecular formula is C13H19N3O4S. The first kappa shape index (κ1) is 17.2. The molecule has 0 bridgehead atoms. The molecule has 8 heteroatoms. The predicted octanol–water partition coefficient (Wildman–Crippen LogP) is 1.03. The molecule has 0 aliphatic rings. The van der Waals surface area contributed by atoms with E-state index in [0.29, 0.717) is 22.7 Å². The minimum atomic E-state index is -0.886. The third-order valence-electron chi connectivity index (χ3n) is 3.10. The van der Waals surface area contributed by atoms with E-state index in [2.05, 4.69) is 15.3 Å². The van der Waals surface area contributed by atoms with Gasteiger partial charge in [-0.25, -0.2) is 4.79 Å². The number of aromatic amines is 1. The third-order valence-corrected chi connectivity index (χ3v) is 3.78. The number of aromatic nitrogens is 2. The Bertz CT molecular complexity index is 585. The quantitative estimate of drug-likeness (QED) is 0.512. The van der Waals surface area contributed by atoms with Crippen LogP contribution in [-0.2, 0) is 4.79 Å². The third kappa shape index (κ3) is 4.89. The van der Waals surface area contributed by atoms with Gasteiger partial charge in [0.15, 0.2) is 0 Å². The summed E-state index contributed by atoms with van der Waals surface area (Å²) >= 11 is 1.22. The van der Waals surface area contributed by atoms with Crippen molar-refractivity contribution < 1.29 is 14.7 Å². The maximum Gasteiger partial charge on any atom is 0.346 e. The average Bonchev–Trinajstić information content (AvgIpc) is 2.41. The number of hydrogen-bond donors (Lipinski definition) is 3. The van der Waals surface area contributed by atoms with Crippen LogP contribution in [0.5, 0.6) is 0 Å². The topological polar surface area (TPSA) is 112 Å². The Labute approximate surface area is 126 Å². The summed E-state index contributed by atoms with van der Waals surface area (Å²) in [7, 11) is 0. The second-order valence-electron chi connectivity index (χ2n) is 4.63. The van der Waals surface area contributed by atoms with Gasteiger partial charge >= 0.3 is 11.7 Å². The Kier molecular flexibility index (Phi) is 6.41. The molecule has 1 aromatic rings. The van der Waals surface area contributed by atoms with Crippen LogP contribution in [0, 0.1) is 12.8 Å². The van der Waals surface area contributed by atoms with Crippen molar-refractivity contribution in [3.63, 3.8) is 0 Å². The van der Waals surface area contributed by atoms with Crippen LogP contribution in [0.4, 0.5) is 0 Å². The van der Waals surface area contributed by atoms with Crippen LogP contribution in [0.3, 0.4) is 0 Å². The number of nitrogens with one attached hydrogen (secondary N) is 2. The van der Waals surface area contributed by atoms with Gasteiger partial charge in [0.1, 0.15) is 5.03 Å². The van der Waals surface area contributed by atoms with Crippen LogP contribution < -0.4 is 11.0 Å². The molecule has 116 valence electrons. The lowest BCUT2D eigenvalue weighted by molar-refractivity contribution is -0.138. The average molecular weight is 313 g/mol. The van der Waals surface area contributed by atoms with E-state index in [9.17, 15) is 14.4 Å². The molecule has 0 saturated carbocycles. The lowest BCUT2D eigenvalue weighted by atomic mass is 10.0. The molecule has 0 saturated heterocycles. The number of amides is 1. The first-order valence-electron chi connectivity index (χ1n) is 6.53. The van der Waals surface area contributed by atoms with Crippen molar-refractivity contribution in [1.82, 2.24) is 15.3 Å². The van der Waals surface area contributed by atoms with E-state index in [4.69, 9.17) is 5.11 Å². The van der Waals surface area contributed by atoms with E-state index in [1.54, 1.807) is 13.2 Å². The summed E-state index contributed by atoms with van der Waals surface area (Å²) in [5, 5.41) is 11.9. The van der Waals surface area contributed by atoms with Gasteiger partial charge in [-0.2, -0.15) is 4.98 Å². The number of nitrogens with zero attached hydrogens (tertiary/aromatic N) is 1. The summed E-state index contributed by atoms with van der Waals surface area (Å²) in [5.74, 6) is -1.37.